The van der Waals surface area contributed by atoms with Crippen LogP contribution in [0.2, 0.25) is 0 Å². The lowest BCUT2D eigenvalue weighted by molar-refractivity contribution is -0.132. The van der Waals surface area contributed by atoms with Gasteiger partial charge in [-0.05, 0) is 41.5 Å². The standard InChI is InChI=1S/C18H15B3O12/c22-17(23)7-3-11-1-5-13-15(9-11)29-20(27-13)31-19(26)32-21(33-20)28-14-6-2-12(4-8-18(24)25)10-16(14)30-21/h1-10,19,26-27H,(H,22,23)(H,24,25)/b7-3+,8-4+. The van der Waals surface area contributed by atoms with Gasteiger partial charge in [-0.15, -0.1) is 0 Å². The first kappa shape index (κ1) is 21.0. The molecule has 4 N–H and O–H groups in total. The number of aromatic hydroxyl groups is 1. The maximum absolute atomic E-state index is 10.7. The quantitative estimate of drug-likeness (QED) is 0.229. The highest BCUT2D eigenvalue weighted by molar-refractivity contribution is 6.87. The van der Waals surface area contributed by atoms with Gasteiger partial charge >= 0.3 is 44.0 Å². The van der Waals surface area contributed by atoms with Gasteiger partial charge < -0.3 is 46.9 Å². The van der Waals surface area contributed by atoms with Crippen LogP contribution >= 0.6 is 0 Å². The van der Waals surface area contributed by atoms with Gasteiger partial charge in [0.15, 0.2) is 5.75 Å². The molecule has 1 saturated heterocycles. The lowest BCUT2D eigenvalue weighted by atomic mass is 9.87. The smallest absolute Gasteiger partial charge is 0.747 e. The predicted molar refractivity (Wildman–Crippen MR) is 116 cm³/mol. The molecule has 2 aromatic carbocycles. The molecule has 2 aromatic rings. The number of carboxylic acid groups (broad SMARTS) is 2. The maximum atomic E-state index is 10.7. The summed E-state index contributed by atoms with van der Waals surface area (Å²) in [6, 6.07) is 9.36. The Morgan fingerprint density at radius 2 is 1.61 bits per heavy atom. The van der Waals surface area contributed by atoms with Gasteiger partial charge in [0.1, 0.15) is 0 Å². The summed E-state index contributed by atoms with van der Waals surface area (Å²) < 4.78 is 37.9. The molecule has 0 amide bonds. The van der Waals surface area contributed by atoms with Crippen LogP contribution in [0.3, 0.4) is 0 Å². The SMILES string of the molecule is O=C(O)/C=C/c1ccc2c(c1)O[B-]1(O[BH-](O)O[B-]3(O1)[O+]=c1ccc(/C=C/C(=O)O)cc1=[O+]3)[OH+]2. The highest BCUT2D eigenvalue weighted by Gasteiger charge is 2.75. The molecular weight excluding hydrogens is 441 g/mol. The predicted octanol–water partition coefficient (Wildman–Crippen LogP) is -0.897. The molecule has 3 heterocycles. The lowest BCUT2D eigenvalue weighted by Crippen LogP contribution is -2.67. The highest BCUT2D eigenvalue weighted by atomic mass is 17.0. The van der Waals surface area contributed by atoms with Crippen LogP contribution in [0.5, 0.6) is 11.5 Å². The van der Waals surface area contributed by atoms with Crippen molar-refractivity contribution in [2.45, 2.75) is 0 Å². The van der Waals surface area contributed by atoms with Crippen LogP contribution in [0.4, 0.5) is 0 Å². The Hall–Kier alpha value is -3.91. The van der Waals surface area contributed by atoms with Crippen molar-refractivity contribution in [3.8, 4) is 11.5 Å². The molecule has 0 bridgehead atoms. The van der Waals surface area contributed by atoms with Crippen molar-refractivity contribution in [3.63, 3.8) is 0 Å². The van der Waals surface area contributed by atoms with Crippen molar-refractivity contribution in [1.82, 2.24) is 0 Å². The number of benzene rings is 2. The van der Waals surface area contributed by atoms with Gasteiger partial charge in [-0.2, -0.15) is 0 Å². The van der Waals surface area contributed by atoms with E-state index in [-0.39, 0.29) is 16.6 Å². The van der Waals surface area contributed by atoms with Gasteiger partial charge in [0.05, 0.1) is 6.07 Å². The molecular formula is C18H15B3O12. The Balaban J connectivity index is 1.44. The summed E-state index contributed by atoms with van der Waals surface area (Å²) in [5.74, 6) is -1.63. The van der Waals surface area contributed by atoms with Crippen molar-refractivity contribution < 1.29 is 47.9 Å². The largest absolute Gasteiger partial charge is 1.09 e. The molecule has 0 radical (unpaired) electrons. The van der Waals surface area contributed by atoms with Crippen LogP contribution in [-0.4, -0.2) is 53.1 Å². The first-order chi connectivity index (χ1) is 15.7. The van der Waals surface area contributed by atoms with Gasteiger partial charge in [-0.3, -0.25) is 0 Å². The minimum absolute atomic E-state index is 0.193. The van der Waals surface area contributed by atoms with E-state index >= 15 is 0 Å². The first-order valence-corrected chi connectivity index (χ1v) is 9.79. The first-order valence-electron chi connectivity index (χ1n) is 9.79. The van der Waals surface area contributed by atoms with E-state index in [0.29, 0.717) is 16.9 Å². The van der Waals surface area contributed by atoms with Crippen molar-refractivity contribution >= 4 is 45.3 Å². The van der Waals surface area contributed by atoms with Crippen LogP contribution < -0.4 is 15.5 Å². The van der Waals surface area contributed by atoms with E-state index in [9.17, 15) is 14.6 Å². The summed E-state index contributed by atoms with van der Waals surface area (Å²) in [5.41, 5.74) is 1.48. The van der Waals surface area contributed by atoms with Crippen LogP contribution in [-0.2, 0) is 23.3 Å². The third-order valence-corrected chi connectivity index (χ3v) is 4.94. The molecule has 1 fully saturated rings. The summed E-state index contributed by atoms with van der Waals surface area (Å²) in [4.78, 5) is 21.5. The van der Waals surface area contributed by atoms with Crippen LogP contribution in [0, 0.1) is 0 Å². The fraction of sp³-hybridized carbons (Fsp3) is 0. The average molecular weight is 456 g/mol. The minimum atomic E-state index is -3.05. The van der Waals surface area contributed by atoms with E-state index in [1.807, 2.05) is 0 Å². The zero-order valence-electron chi connectivity index (χ0n) is 16.7. The van der Waals surface area contributed by atoms with E-state index in [0.717, 1.165) is 12.2 Å². The lowest BCUT2D eigenvalue weighted by Gasteiger charge is -2.43. The summed E-state index contributed by atoms with van der Waals surface area (Å²) >= 11 is 0. The van der Waals surface area contributed by atoms with Crippen LogP contribution in [0.25, 0.3) is 12.2 Å². The van der Waals surface area contributed by atoms with Gasteiger partial charge in [0, 0.05) is 24.3 Å². The molecule has 12 nitrogen and oxygen atoms in total. The van der Waals surface area contributed by atoms with Crippen LogP contribution in [0.15, 0.2) is 57.2 Å². The number of aliphatic carboxylic acids is 2. The van der Waals surface area contributed by atoms with Crippen molar-refractivity contribution in [1.29, 1.82) is 0 Å². The summed E-state index contributed by atoms with van der Waals surface area (Å²) in [7, 11) is -2.79. The number of hydrogen-bond donors (Lipinski definition) is 3. The van der Waals surface area contributed by atoms with Crippen molar-refractivity contribution in [2.75, 3.05) is 0 Å². The molecule has 3 aliphatic heterocycles. The molecule has 0 aromatic heterocycles. The fourth-order valence-electron chi connectivity index (χ4n) is 3.62. The van der Waals surface area contributed by atoms with E-state index in [1.165, 1.54) is 30.4 Å². The molecule has 2 spiro atoms. The second-order valence-corrected chi connectivity index (χ2v) is 7.29. The zero-order valence-corrected chi connectivity index (χ0v) is 16.7. The van der Waals surface area contributed by atoms with Crippen molar-refractivity contribution in [3.05, 3.63) is 79.2 Å². The van der Waals surface area contributed by atoms with E-state index in [4.69, 9.17) is 37.3 Å². The second-order valence-electron chi connectivity index (χ2n) is 7.29. The molecule has 33 heavy (non-hydrogen) atoms. The monoisotopic (exact) mass is 456 g/mol. The molecule has 3 unspecified atom stereocenters. The molecule has 0 saturated carbocycles. The number of hydrogen-bond acceptors (Lipinski definition) is 7. The molecule has 3 aliphatic rings. The number of fused-ring (bicyclic) bond motifs is 2. The van der Waals surface area contributed by atoms with Crippen molar-refractivity contribution in [2.24, 2.45) is 0 Å². The van der Waals surface area contributed by atoms with Gasteiger partial charge in [0.2, 0.25) is 5.75 Å². The summed E-state index contributed by atoms with van der Waals surface area (Å²) in [5, 5.41) is 27.8. The second kappa shape index (κ2) is 7.60. The third-order valence-electron chi connectivity index (χ3n) is 4.94. The Morgan fingerprint density at radius 3 is 2.33 bits per heavy atom. The molecule has 0 aliphatic carbocycles. The normalized spacial score (nSPS) is 27.1. The Bertz CT molecular complexity index is 1360. The zero-order chi connectivity index (χ0) is 23.2. The fourth-order valence-corrected chi connectivity index (χ4v) is 3.62. The topological polar surface area (TPSA) is 167 Å². The maximum Gasteiger partial charge on any atom is 1.09 e. The van der Waals surface area contributed by atoms with E-state index < -0.39 is 33.2 Å². The summed E-state index contributed by atoms with van der Waals surface area (Å²) in [6.07, 6.45) is 4.68. The molecule has 15 heteroatoms. The highest BCUT2D eigenvalue weighted by Crippen LogP contribution is 2.43. The minimum Gasteiger partial charge on any atom is -0.747 e. The van der Waals surface area contributed by atoms with E-state index in [2.05, 4.69) is 4.65 Å². The van der Waals surface area contributed by atoms with Gasteiger partial charge in [-0.1, -0.05) is 0 Å². The number of carbonyl (C=O) groups is 2. The van der Waals surface area contributed by atoms with Gasteiger partial charge in [0.25, 0.3) is 0 Å². The summed E-state index contributed by atoms with van der Waals surface area (Å²) in [6.45, 7) is -6.01. The van der Waals surface area contributed by atoms with E-state index in [1.54, 1.807) is 18.2 Å². The average Bonchev–Trinajstić information content (AvgIpc) is 3.24. The number of carboxylic acids is 2. The Kier molecular flexibility index (Phi) is 4.83. The molecule has 3 atom stereocenters. The van der Waals surface area contributed by atoms with Crippen LogP contribution in [0.1, 0.15) is 11.1 Å². The van der Waals surface area contributed by atoms with Gasteiger partial charge in [-0.25, -0.2) is 9.59 Å². The number of rotatable bonds is 4. The molecule has 5 rings (SSSR count). The molecule has 168 valence electrons. The Morgan fingerprint density at radius 1 is 0.939 bits per heavy atom. The Labute approximate surface area is 184 Å². The third kappa shape index (κ3) is 4.13.